The largest absolute Gasteiger partial charge is 0.416 e. The average Bonchev–Trinajstić information content (AvgIpc) is 2.92. The Labute approximate surface area is 206 Å². The Balaban J connectivity index is 2.33. The first-order chi connectivity index (χ1) is 15.0. The van der Waals surface area contributed by atoms with Crippen LogP contribution in [0.25, 0.3) is 0 Å². The van der Waals surface area contributed by atoms with Gasteiger partial charge in [-0.3, -0.25) is 0 Å². The molecule has 0 heterocycles. The highest BCUT2D eigenvalue weighted by atomic mass is 28.4. The van der Waals surface area contributed by atoms with E-state index in [0.29, 0.717) is 23.2 Å². The van der Waals surface area contributed by atoms with Gasteiger partial charge in [-0.15, -0.1) is 0 Å². The standard InChI is InChI=1S/C27H54O4Si2/c1-17(2)33(18(3)4,19(5)6)31-26-20(7)25(29)24-22(26)14-13-21(23(24)15-28)16-30-32(11,12)27(8,9)10/h13-14,17-26,28-29H,15-16H2,1-12H3/t20-,21-,22-,23+,24+,25-,26+/m0/s1. The van der Waals surface area contributed by atoms with Crippen LogP contribution in [0.3, 0.4) is 0 Å². The van der Waals surface area contributed by atoms with Crippen molar-refractivity contribution in [3.63, 3.8) is 0 Å². The van der Waals surface area contributed by atoms with Gasteiger partial charge in [0.1, 0.15) is 0 Å². The normalized spacial score (nSPS) is 33.4. The van der Waals surface area contributed by atoms with Crippen molar-refractivity contribution in [2.24, 2.45) is 29.6 Å². The van der Waals surface area contributed by atoms with Gasteiger partial charge in [0.25, 0.3) is 0 Å². The number of rotatable bonds is 9. The van der Waals surface area contributed by atoms with Crippen LogP contribution >= 0.6 is 0 Å². The van der Waals surface area contributed by atoms with E-state index in [2.05, 4.69) is 94.5 Å². The number of hydrogen-bond donors (Lipinski definition) is 2. The maximum Gasteiger partial charge on any atom is 0.200 e. The van der Waals surface area contributed by atoms with Crippen molar-refractivity contribution in [3.8, 4) is 0 Å². The highest BCUT2D eigenvalue weighted by Crippen LogP contribution is 2.52. The summed E-state index contributed by atoms with van der Waals surface area (Å²) in [4.78, 5) is 0. The molecule has 7 atom stereocenters. The van der Waals surface area contributed by atoms with Crippen LogP contribution in [0.15, 0.2) is 12.2 Å². The monoisotopic (exact) mass is 498 g/mol. The molecule has 0 radical (unpaired) electrons. The van der Waals surface area contributed by atoms with Crippen LogP contribution in [-0.2, 0) is 8.85 Å². The fourth-order valence-electron chi connectivity index (χ4n) is 6.60. The van der Waals surface area contributed by atoms with Gasteiger partial charge in [0.15, 0.2) is 8.32 Å². The number of aliphatic hydroxyl groups is 2. The van der Waals surface area contributed by atoms with Crippen molar-refractivity contribution in [2.75, 3.05) is 13.2 Å². The van der Waals surface area contributed by atoms with Gasteiger partial charge < -0.3 is 19.1 Å². The Morgan fingerprint density at radius 2 is 1.45 bits per heavy atom. The fourth-order valence-corrected chi connectivity index (χ4v) is 13.3. The molecule has 0 aromatic heterocycles. The lowest BCUT2D eigenvalue weighted by molar-refractivity contribution is 0.0102. The molecule has 0 amide bonds. The van der Waals surface area contributed by atoms with Crippen LogP contribution in [0.2, 0.25) is 34.8 Å². The predicted molar refractivity (Wildman–Crippen MR) is 144 cm³/mol. The molecule has 2 aliphatic rings. The number of fused-ring (bicyclic) bond motifs is 1. The summed E-state index contributed by atoms with van der Waals surface area (Å²) in [7, 11) is -3.95. The smallest absolute Gasteiger partial charge is 0.200 e. The zero-order chi connectivity index (χ0) is 25.5. The Morgan fingerprint density at radius 1 is 0.939 bits per heavy atom. The summed E-state index contributed by atoms with van der Waals surface area (Å²) >= 11 is 0. The second-order valence-corrected chi connectivity index (χ2v) is 23.6. The van der Waals surface area contributed by atoms with Crippen LogP contribution in [0.5, 0.6) is 0 Å². The third-order valence-electron chi connectivity index (χ3n) is 9.60. The molecule has 2 rings (SSSR count). The quantitative estimate of drug-likeness (QED) is 0.277. The van der Waals surface area contributed by atoms with E-state index in [1.165, 1.54) is 0 Å². The van der Waals surface area contributed by atoms with Crippen LogP contribution in [0.4, 0.5) is 0 Å². The number of aliphatic hydroxyl groups excluding tert-OH is 2. The molecule has 0 saturated heterocycles. The molecule has 0 aliphatic heterocycles. The lowest BCUT2D eigenvalue weighted by atomic mass is 9.71. The first kappa shape index (κ1) is 29.2. The molecule has 6 heteroatoms. The van der Waals surface area contributed by atoms with E-state index >= 15 is 0 Å². The Bertz CT molecular complexity index is 646. The van der Waals surface area contributed by atoms with E-state index in [1.807, 2.05) is 0 Å². The minimum atomic E-state index is -2.08. The minimum absolute atomic E-state index is 0.00374. The molecule has 0 bridgehead atoms. The van der Waals surface area contributed by atoms with Crippen LogP contribution < -0.4 is 0 Å². The lowest BCUT2D eigenvalue weighted by Crippen LogP contribution is -2.52. The van der Waals surface area contributed by atoms with Crippen LogP contribution in [0.1, 0.15) is 69.2 Å². The summed E-state index contributed by atoms with van der Waals surface area (Å²) in [6, 6.07) is 0. The van der Waals surface area contributed by atoms with Crippen molar-refractivity contribution < 1.29 is 19.1 Å². The second-order valence-electron chi connectivity index (χ2n) is 13.4. The van der Waals surface area contributed by atoms with Crippen molar-refractivity contribution in [1.82, 2.24) is 0 Å². The summed E-state index contributed by atoms with van der Waals surface area (Å²) < 4.78 is 13.8. The van der Waals surface area contributed by atoms with E-state index in [1.54, 1.807) is 0 Å². The van der Waals surface area contributed by atoms with Crippen molar-refractivity contribution in [3.05, 3.63) is 12.2 Å². The molecule has 0 aromatic carbocycles. The first-order valence-electron chi connectivity index (χ1n) is 13.3. The Hall–Kier alpha value is 0.0138. The van der Waals surface area contributed by atoms with E-state index < -0.39 is 22.7 Å². The van der Waals surface area contributed by atoms with Gasteiger partial charge in [-0.1, -0.05) is 81.4 Å². The SMILES string of the molecule is CC(C)[Si](O[C@@H]1[C@@H](C)[C@H](O)[C@@H]2[C@@H]1C=C[C@@H](CO[Si](C)(C)C(C)(C)C)[C@H]2CO)(C(C)C)C(C)C. The molecular formula is C27H54O4Si2. The summed E-state index contributed by atoms with van der Waals surface area (Å²) in [6.45, 7) is 28.1. The fraction of sp³-hybridized carbons (Fsp3) is 0.926. The highest BCUT2D eigenvalue weighted by Gasteiger charge is 2.57. The van der Waals surface area contributed by atoms with Gasteiger partial charge >= 0.3 is 0 Å². The Kier molecular flexibility index (Phi) is 9.35. The van der Waals surface area contributed by atoms with Gasteiger partial charge in [0.2, 0.25) is 8.32 Å². The molecular weight excluding hydrogens is 444 g/mol. The zero-order valence-electron chi connectivity index (χ0n) is 23.6. The van der Waals surface area contributed by atoms with Gasteiger partial charge in [0, 0.05) is 31.0 Å². The van der Waals surface area contributed by atoms with E-state index in [-0.39, 0.29) is 47.3 Å². The third kappa shape index (κ3) is 5.41. The predicted octanol–water partition coefficient (Wildman–Crippen LogP) is 6.61. The molecule has 1 saturated carbocycles. The third-order valence-corrected chi connectivity index (χ3v) is 20.2. The van der Waals surface area contributed by atoms with E-state index in [0.717, 1.165) is 0 Å². The molecule has 194 valence electrons. The van der Waals surface area contributed by atoms with Crippen molar-refractivity contribution >= 4 is 16.6 Å². The summed E-state index contributed by atoms with van der Waals surface area (Å²) in [6.07, 6.45) is 4.11. The zero-order valence-corrected chi connectivity index (χ0v) is 25.6. The molecule has 2 N–H and O–H groups in total. The van der Waals surface area contributed by atoms with Crippen molar-refractivity contribution in [1.29, 1.82) is 0 Å². The van der Waals surface area contributed by atoms with E-state index in [4.69, 9.17) is 8.85 Å². The lowest BCUT2D eigenvalue weighted by Gasteiger charge is -2.46. The van der Waals surface area contributed by atoms with Crippen LogP contribution in [0, 0.1) is 29.6 Å². The Morgan fingerprint density at radius 3 is 1.88 bits per heavy atom. The molecule has 33 heavy (non-hydrogen) atoms. The molecule has 0 spiro atoms. The highest BCUT2D eigenvalue weighted by molar-refractivity contribution is 6.77. The van der Waals surface area contributed by atoms with Crippen LogP contribution in [-0.4, -0.2) is 52.3 Å². The van der Waals surface area contributed by atoms with Gasteiger partial charge in [0.05, 0.1) is 12.2 Å². The number of hydrogen-bond acceptors (Lipinski definition) is 4. The summed E-state index contributed by atoms with van der Waals surface area (Å²) in [5.41, 5.74) is 1.52. The van der Waals surface area contributed by atoms with E-state index in [9.17, 15) is 10.2 Å². The van der Waals surface area contributed by atoms with Crippen molar-refractivity contribution in [2.45, 2.75) is 116 Å². The summed E-state index contributed by atoms with van der Waals surface area (Å²) in [5.74, 6) is 0.366. The molecule has 0 unspecified atom stereocenters. The molecule has 1 fully saturated rings. The average molecular weight is 499 g/mol. The molecule has 4 nitrogen and oxygen atoms in total. The minimum Gasteiger partial charge on any atom is -0.416 e. The molecule has 2 aliphatic carbocycles. The summed E-state index contributed by atoms with van der Waals surface area (Å²) in [5, 5.41) is 22.0. The molecule has 0 aromatic rings. The van der Waals surface area contributed by atoms with Gasteiger partial charge in [-0.05, 0) is 46.6 Å². The van der Waals surface area contributed by atoms with Gasteiger partial charge in [-0.25, -0.2) is 0 Å². The maximum atomic E-state index is 11.4. The van der Waals surface area contributed by atoms with Gasteiger partial charge in [-0.2, -0.15) is 0 Å². The topological polar surface area (TPSA) is 58.9 Å². The second kappa shape index (κ2) is 10.6. The first-order valence-corrected chi connectivity index (χ1v) is 18.4. The maximum absolute atomic E-state index is 11.4.